The summed E-state index contributed by atoms with van der Waals surface area (Å²) in [5, 5.41) is 4.76. The molecule has 0 radical (unpaired) electrons. The zero-order valence-electron chi connectivity index (χ0n) is 13.9. The Labute approximate surface area is 154 Å². The largest absolute Gasteiger partial charge is 0.494 e. The van der Waals surface area contributed by atoms with Crippen molar-refractivity contribution in [2.45, 2.75) is 17.7 Å². The van der Waals surface area contributed by atoms with E-state index in [1.165, 1.54) is 18.2 Å². The number of nitrogens with one attached hydrogen (secondary N) is 1. The van der Waals surface area contributed by atoms with Crippen molar-refractivity contribution in [1.29, 1.82) is 0 Å². The summed E-state index contributed by atoms with van der Waals surface area (Å²) in [5.74, 6) is 0.474. The highest BCUT2D eigenvalue weighted by Gasteiger charge is 1.99. The highest BCUT2D eigenvalue weighted by Crippen LogP contribution is 2.20. The molecule has 3 rings (SSSR count). The number of H-pyrrole nitrogens is 1. The van der Waals surface area contributed by atoms with Gasteiger partial charge in [-0.1, -0.05) is 5.16 Å². The summed E-state index contributed by atoms with van der Waals surface area (Å²) >= 11 is 1.07. The van der Waals surface area contributed by atoms with Gasteiger partial charge >= 0.3 is 0 Å². The Kier molecular flexibility index (Phi) is 6.27. The molecule has 0 fully saturated rings. The number of halogens is 1. The molecule has 0 saturated carbocycles. The van der Waals surface area contributed by atoms with Crippen molar-refractivity contribution in [3.05, 3.63) is 70.8 Å². The average Bonchev–Trinajstić information content (AvgIpc) is 2.65. The topological polar surface area (TPSA) is 63.7 Å². The number of pyridine rings is 1. The number of rotatable bonds is 8. The fourth-order valence-electron chi connectivity index (χ4n) is 2.22. The van der Waals surface area contributed by atoms with Gasteiger partial charge < -0.3 is 14.0 Å². The van der Waals surface area contributed by atoms with E-state index in [4.69, 9.17) is 9.02 Å². The van der Waals surface area contributed by atoms with Crippen LogP contribution in [0.25, 0.3) is 10.9 Å². The fraction of sp³-hybridized carbons (Fsp3) is 0.158. The van der Waals surface area contributed by atoms with Crippen LogP contribution in [0.3, 0.4) is 0 Å². The Balaban J connectivity index is 1.35. The van der Waals surface area contributed by atoms with Crippen LogP contribution in [0.2, 0.25) is 0 Å². The van der Waals surface area contributed by atoms with E-state index >= 15 is 0 Å². The van der Waals surface area contributed by atoms with Crippen molar-refractivity contribution < 1.29 is 13.4 Å². The molecule has 1 N–H and O–H groups in total. The van der Waals surface area contributed by atoms with Gasteiger partial charge in [0.25, 0.3) is 0 Å². The van der Waals surface area contributed by atoms with Gasteiger partial charge in [-0.05, 0) is 61.4 Å². The molecule has 0 atom stereocenters. The number of fused-ring (bicyclic) bond motifs is 1. The maximum Gasteiger partial charge on any atom is 0.248 e. The average molecular weight is 372 g/mol. The van der Waals surface area contributed by atoms with Crippen LogP contribution in [-0.2, 0) is 4.28 Å². The van der Waals surface area contributed by atoms with Crippen LogP contribution in [0.1, 0.15) is 12.8 Å². The molecule has 2 aromatic carbocycles. The lowest BCUT2D eigenvalue weighted by atomic mass is 10.2. The summed E-state index contributed by atoms with van der Waals surface area (Å²) < 4.78 is 23.5. The second-order valence-electron chi connectivity index (χ2n) is 5.46. The second kappa shape index (κ2) is 9.05. The molecule has 1 aromatic heterocycles. The monoisotopic (exact) mass is 372 g/mol. The quantitative estimate of drug-likeness (QED) is 0.273. The first-order valence-corrected chi connectivity index (χ1v) is 8.82. The zero-order valence-corrected chi connectivity index (χ0v) is 14.7. The highest BCUT2D eigenvalue weighted by molar-refractivity contribution is 7.94. The molecule has 0 aliphatic rings. The standard InChI is InChI=1S/C19H17FN2O3S/c20-15-4-7-17(8-5-15)26-25-21-11-1-2-12-24-16-6-9-18-14(13-16)3-10-19(23)22-18/h3-11,13H,1-2,12H2,(H,22,23). The molecule has 1 heterocycles. The molecule has 0 spiro atoms. The summed E-state index contributed by atoms with van der Waals surface area (Å²) in [4.78, 5) is 14.8. The maximum absolute atomic E-state index is 12.8. The zero-order chi connectivity index (χ0) is 18.2. The molecule has 0 amide bonds. The lowest BCUT2D eigenvalue weighted by Crippen LogP contribution is -2.02. The SMILES string of the molecule is O=c1ccc2cc(OCCCC=NOSc3ccc(F)cc3)ccc2[nH]1. The molecule has 0 unspecified atom stereocenters. The molecule has 5 nitrogen and oxygen atoms in total. The Morgan fingerprint density at radius 3 is 2.81 bits per heavy atom. The Hall–Kier alpha value is -2.80. The van der Waals surface area contributed by atoms with Gasteiger partial charge in [-0.15, -0.1) is 0 Å². The van der Waals surface area contributed by atoms with Gasteiger partial charge in [-0.3, -0.25) is 4.79 Å². The van der Waals surface area contributed by atoms with Gasteiger partial charge in [0.15, 0.2) is 0 Å². The number of hydrogen-bond donors (Lipinski definition) is 1. The van der Waals surface area contributed by atoms with Gasteiger partial charge in [0.2, 0.25) is 5.56 Å². The molecule has 134 valence electrons. The molecular weight excluding hydrogens is 355 g/mol. The van der Waals surface area contributed by atoms with Crippen molar-refractivity contribution >= 4 is 29.2 Å². The molecule has 7 heteroatoms. The number of hydrogen-bond acceptors (Lipinski definition) is 5. The van der Waals surface area contributed by atoms with Gasteiger partial charge in [-0.25, -0.2) is 4.39 Å². The van der Waals surface area contributed by atoms with Crippen LogP contribution >= 0.6 is 12.0 Å². The van der Waals surface area contributed by atoms with Gasteiger partial charge in [0.1, 0.15) is 23.6 Å². The summed E-state index contributed by atoms with van der Waals surface area (Å²) in [6, 6.07) is 14.8. The van der Waals surface area contributed by atoms with Crippen LogP contribution in [0.5, 0.6) is 5.75 Å². The van der Waals surface area contributed by atoms with E-state index in [0.29, 0.717) is 13.0 Å². The maximum atomic E-state index is 12.8. The van der Waals surface area contributed by atoms with Crippen LogP contribution in [0, 0.1) is 5.82 Å². The van der Waals surface area contributed by atoms with Crippen molar-refractivity contribution in [1.82, 2.24) is 4.98 Å². The van der Waals surface area contributed by atoms with Crippen LogP contribution in [0.15, 0.2) is 69.4 Å². The highest BCUT2D eigenvalue weighted by atomic mass is 32.2. The van der Waals surface area contributed by atoms with E-state index < -0.39 is 0 Å². The first kappa shape index (κ1) is 18.0. The number of aromatic nitrogens is 1. The lowest BCUT2D eigenvalue weighted by molar-refractivity contribution is 0.313. The fourth-order valence-corrected chi connectivity index (χ4v) is 2.66. The Morgan fingerprint density at radius 2 is 1.96 bits per heavy atom. The molecule has 0 saturated heterocycles. The molecule has 3 aromatic rings. The number of ether oxygens (including phenoxy) is 1. The number of aromatic amines is 1. The van der Waals surface area contributed by atoms with E-state index in [0.717, 1.165) is 40.0 Å². The molecule has 0 bridgehead atoms. The summed E-state index contributed by atoms with van der Waals surface area (Å²) in [6.45, 7) is 0.548. The second-order valence-corrected chi connectivity index (χ2v) is 6.25. The van der Waals surface area contributed by atoms with Crippen LogP contribution in [-0.4, -0.2) is 17.8 Å². The Bertz CT molecular complexity index is 941. The smallest absolute Gasteiger partial charge is 0.248 e. The number of nitrogens with zero attached hydrogens (tertiary/aromatic N) is 1. The first-order chi connectivity index (χ1) is 12.7. The predicted molar refractivity (Wildman–Crippen MR) is 101 cm³/mol. The van der Waals surface area contributed by atoms with E-state index in [2.05, 4.69) is 10.1 Å². The van der Waals surface area contributed by atoms with E-state index in [-0.39, 0.29) is 11.4 Å². The van der Waals surface area contributed by atoms with Crippen LogP contribution < -0.4 is 10.3 Å². The van der Waals surface area contributed by atoms with E-state index in [1.807, 2.05) is 18.2 Å². The number of unbranched alkanes of at least 4 members (excludes halogenated alkanes) is 1. The summed E-state index contributed by atoms with van der Waals surface area (Å²) in [6.07, 6.45) is 3.17. The third kappa shape index (κ3) is 5.35. The number of benzene rings is 2. The minimum atomic E-state index is -0.280. The molecule has 0 aliphatic heterocycles. The molecule has 0 aliphatic carbocycles. The van der Waals surface area contributed by atoms with Crippen LogP contribution in [0.4, 0.5) is 4.39 Å². The van der Waals surface area contributed by atoms with Gasteiger partial charge in [0.05, 0.1) is 11.5 Å². The minimum Gasteiger partial charge on any atom is -0.494 e. The minimum absolute atomic E-state index is 0.120. The normalized spacial score (nSPS) is 11.1. The van der Waals surface area contributed by atoms with Gasteiger partial charge in [0, 0.05) is 23.2 Å². The lowest BCUT2D eigenvalue weighted by Gasteiger charge is -2.06. The van der Waals surface area contributed by atoms with E-state index in [9.17, 15) is 9.18 Å². The van der Waals surface area contributed by atoms with Gasteiger partial charge in [-0.2, -0.15) is 0 Å². The van der Waals surface area contributed by atoms with Crippen molar-refractivity contribution in [3.63, 3.8) is 0 Å². The third-order valence-electron chi connectivity index (χ3n) is 3.51. The Morgan fingerprint density at radius 1 is 1.12 bits per heavy atom. The van der Waals surface area contributed by atoms with Crippen molar-refractivity contribution in [2.75, 3.05) is 6.61 Å². The number of oxime groups is 1. The first-order valence-electron chi connectivity index (χ1n) is 8.08. The summed E-state index contributed by atoms with van der Waals surface area (Å²) in [5.41, 5.74) is 0.665. The molecule has 26 heavy (non-hydrogen) atoms. The van der Waals surface area contributed by atoms with Crippen molar-refractivity contribution in [2.24, 2.45) is 5.16 Å². The summed E-state index contributed by atoms with van der Waals surface area (Å²) in [7, 11) is 0. The predicted octanol–water partition coefficient (Wildman–Crippen LogP) is 4.54. The molecular formula is C19H17FN2O3S. The van der Waals surface area contributed by atoms with Crippen molar-refractivity contribution in [3.8, 4) is 5.75 Å². The van der Waals surface area contributed by atoms with E-state index in [1.54, 1.807) is 24.4 Å². The third-order valence-corrected chi connectivity index (χ3v) is 4.13.